The molecule has 9 nitrogen and oxygen atoms in total. The molecule has 122 valence electrons. The highest BCUT2D eigenvalue weighted by Crippen LogP contribution is 2.35. The molecule has 1 atom stereocenters. The summed E-state index contributed by atoms with van der Waals surface area (Å²) in [5, 5.41) is 16.0. The van der Waals surface area contributed by atoms with E-state index in [0.29, 0.717) is 11.4 Å². The Bertz CT molecular complexity index is 712. The van der Waals surface area contributed by atoms with Crippen molar-refractivity contribution in [2.45, 2.75) is 13.0 Å². The van der Waals surface area contributed by atoms with Gasteiger partial charge in [-0.05, 0) is 13.0 Å². The Balaban J connectivity index is 2.63. The molecule has 0 bridgehead atoms. The van der Waals surface area contributed by atoms with Crippen LogP contribution in [-0.4, -0.2) is 31.1 Å². The minimum absolute atomic E-state index is 0.144. The molecule has 1 heterocycles. The Morgan fingerprint density at radius 2 is 2.04 bits per heavy atom. The number of amides is 2. The number of nitro benzene ring substituents is 1. The number of hydrogen-bond donors (Lipinski definition) is 2. The van der Waals surface area contributed by atoms with E-state index in [9.17, 15) is 19.7 Å². The van der Waals surface area contributed by atoms with Gasteiger partial charge in [-0.1, -0.05) is 0 Å². The zero-order chi connectivity index (χ0) is 17.1. The van der Waals surface area contributed by atoms with Crippen LogP contribution < -0.4 is 15.4 Å². The second kappa shape index (κ2) is 6.34. The molecule has 2 amide bonds. The smallest absolute Gasteiger partial charge is 0.337 e. The lowest BCUT2D eigenvalue weighted by molar-refractivity contribution is -0.385. The van der Waals surface area contributed by atoms with E-state index in [1.807, 2.05) is 0 Å². The van der Waals surface area contributed by atoms with Crippen molar-refractivity contribution in [3.63, 3.8) is 0 Å². The Morgan fingerprint density at radius 1 is 1.35 bits per heavy atom. The number of urea groups is 1. The van der Waals surface area contributed by atoms with Gasteiger partial charge in [0, 0.05) is 23.4 Å². The summed E-state index contributed by atoms with van der Waals surface area (Å²) in [6.45, 7) is 1.54. The van der Waals surface area contributed by atoms with Gasteiger partial charge in [-0.15, -0.1) is 0 Å². The first-order chi connectivity index (χ1) is 10.9. The summed E-state index contributed by atoms with van der Waals surface area (Å²) in [6.07, 6.45) is 0. The monoisotopic (exact) mass is 321 g/mol. The predicted octanol–water partition coefficient (Wildman–Crippen LogP) is 1.40. The number of ether oxygens (including phenoxy) is 2. The molecule has 0 saturated heterocycles. The molecule has 0 aliphatic carbocycles. The Hall–Kier alpha value is -3.10. The van der Waals surface area contributed by atoms with Crippen molar-refractivity contribution in [1.29, 1.82) is 0 Å². The highest BCUT2D eigenvalue weighted by Gasteiger charge is 2.34. The fourth-order valence-corrected chi connectivity index (χ4v) is 2.37. The largest absolute Gasteiger partial charge is 0.496 e. The summed E-state index contributed by atoms with van der Waals surface area (Å²) in [7, 11) is 2.60. The van der Waals surface area contributed by atoms with Crippen molar-refractivity contribution in [2.24, 2.45) is 0 Å². The lowest BCUT2D eigenvalue weighted by Crippen LogP contribution is -2.45. The first-order valence-electron chi connectivity index (χ1n) is 6.58. The average Bonchev–Trinajstić information content (AvgIpc) is 2.52. The second-order valence-corrected chi connectivity index (χ2v) is 4.75. The van der Waals surface area contributed by atoms with E-state index in [1.54, 1.807) is 6.92 Å². The zero-order valence-electron chi connectivity index (χ0n) is 12.7. The molecular weight excluding hydrogens is 306 g/mol. The van der Waals surface area contributed by atoms with Gasteiger partial charge in [0.25, 0.3) is 5.69 Å². The minimum Gasteiger partial charge on any atom is -0.496 e. The molecular formula is C14H15N3O6. The summed E-state index contributed by atoms with van der Waals surface area (Å²) in [6, 6.07) is 2.48. The molecule has 0 saturated carbocycles. The van der Waals surface area contributed by atoms with Crippen LogP contribution in [0.2, 0.25) is 0 Å². The molecule has 1 aliphatic heterocycles. The van der Waals surface area contributed by atoms with E-state index in [-0.39, 0.29) is 16.8 Å². The number of benzene rings is 1. The maximum Gasteiger partial charge on any atom is 0.337 e. The predicted molar refractivity (Wildman–Crippen MR) is 78.8 cm³/mol. The average molecular weight is 321 g/mol. The lowest BCUT2D eigenvalue weighted by atomic mass is 9.94. The fraction of sp³-hybridized carbons (Fsp3) is 0.286. The van der Waals surface area contributed by atoms with Crippen LogP contribution >= 0.6 is 0 Å². The second-order valence-electron chi connectivity index (χ2n) is 4.75. The first kappa shape index (κ1) is 16.3. The summed E-state index contributed by atoms with van der Waals surface area (Å²) in [5.74, 6) is -0.356. The van der Waals surface area contributed by atoms with Gasteiger partial charge in [-0.25, -0.2) is 9.59 Å². The van der Waals surface area contributed by atoms with Gasteiger partial charge in [0.1, 0.15) is 5.75 Å². The number of carbonyl (C=O) groups excluding carboxylic acids is 2. The van der Waals surface area contributed by atoms with E-state index in [0.717, 1.165) is 0 Å². The number of nitrogens with one attached hydrogen (secondary N) is 2. The Labute approximate surface area is 131 Å². The highest BCUT2D eigenvalue weighted by molar-refractivity contribution is 5.95. The third kappa shape index (κ3) is 3.07. The van der Waals surface area contributed by atoms with Crippen LogP contribution in [0.4, 0.5) is 10.5 Å². The van der Waals surface area contributed by atoms with Crippen LogP contribution in [0.15, 0.2) is 29.5 Å². The van der Waals surface area contributed by atoms with Crippen molar-refractivity contribution < 1.29 is 24.0 Å². The van der Waals surface area contributed by atoms with Gasteiger partial charge in [0.2, 0.25) is 0 Å². The molecule has 1 aromatic rings. The lowest BCUT2D eigenvalue weighted by Gasteiger charge is -2.28. The van der Waals surface area contributed by atoms with Gasteiger partial charge in [0.15, 0.2) is 0 Å². The molecule has 23 heavy (non-hydrogen) atoms. The summed E-state index contributed by atoms with van der Waals surface area (Å²) < 4.78 is 9.93. The van der Waals surface area contributed by atoms with Crippen LogP contribution in [0, 0.1) is 10.1 Å². The molecule has 1 aliphatic rings. The molecule has 0 fully saturated rings. The molecule has 2 N–H and O–H groups in total. The number of hydrogen-bond acceptors (Lipinski definition) is 6. The standard InChI is InChI=1S/C14H15N3O6/c1-7-11(13(18)23-3)12(16-14(19)15-7)9-6-8(17(20)21)4-5-10(9)22-2/h4-6,12H,1-3H3,(H2,15,16,19). The van der Waals surface area contributed by atoms with E-state index in [1.165, 1.54) is 32.4 Å². The van der Waals surface area contributed by atoms with Gasteiger partial charge < -0.3 is 20.1 Å². The van der Waals surface area contributed by atoms with Crippen LogP contribution in [-0.2, 0) is 9.53 Å². The summed E-state index contributed by atoms with van der Waals surface area (Å²) >= 11 is 0. The number of nitro groups is 1. The third-order valence-corrected chi connectivity index (χ3v) is 3.41. The number of methoxy groups -OCH3 is 2. The van der Waals surface area contributed by atoms with Gasteiger partial charge in [-0.3, -0.25) is 10.1 Å². The van der Waals surface area contributed by atoms with E-state index in [2.05, 4.69) is 10.6 Å². The first-order valence-corrected chi connectivity index (χ1v) is 6.58. The van der Waals surface area contributed by atoms with Crippen LogP contribution in [0.25, 0.3) is 0 Å². The van der Waals surface area contributed by atoms with Crippen molar-refractivity contribution >= 4 is 17.7 Å². The maximum absolute atomic E-state index is 12.0. The zero-order valence-corrected chi connectivity index (χ0v) is 12.7. The topological polar surface area (TPSA) is 120 Å². The van der Waals surface area contributed by atoms with Gasteiger partial charge in [0.05, 0.1) is 30.8 Å². The SMILES string of the molecule is COC(=O)C1=C(C)NC(=O)NC1c1cc([N+](=O)[O-])ccc1OC. The van der Waals surface area contributed by atoms with Crippen LogP contribution in [0.3, 0.4) is 0 Å². The summed E-state index contributed by atoms with van der Waals surface area (Å²) in [5.41, 5.74) is 0.553. The van der Waals surface area contributed by atoms with E-state index >= 15 is 0 Å². The Kier molecular flexibility index (Phi) is 4.49. The number of rotatable bonds is 4. The van der Waals surface area contributed by atoms with E-state index < -0.39 is 23.0 Å². The number of allylic oxidation sites excluding steroid dienone is 1. The molecule has 1 unspecified atom stereocenters. The van der Waals surface area contributed by atoms with Crippen LogP contribution in [0.1, 0.15) is 18.5 Å². The van der Waals surface area contributed by atoms with Crippen molar-refractivity contribution in [3.8, 4) is 5.75 Å². The van der Waals surface area contributed by atoms with Gasteiger partial charge in [-0.2, -0.15) is 0 Å². The third-order valence-electron chi connectivity index (χ3n) is 3.41. The van der Waals surface area contributed by atoms with Gasteiger partial charge >= 0.3 is 12.0 Å². The maximum atomic E-state index is 12.0. The fourth-order valence-electron chi connectivity index (χ4n) is 2.37. The summed E-state index contributed by atoms with van der Waals surface area (Å²) in [4.78, 5) is 34.2. The number of nitrogens with zero attached hydrogens (tertiary/aromatic N) is 1. The molecule has 2 rings (SSSR count). The van der Waals surface area contributed by atoms with Crippen molar-refractivity contribution in [2.75, 3.05) is 14.2 Å². The molecule has 0 radical (unpaired) electrons. The van der Waals surface area contributed by atoms with E-state index in [4.69, 9.17) is 9.47 Å². The quantitative estimate of drug-likeness (QED) is 0.491. The molecule has 0 spiro atoms. The minimum atomic E-state index is -0.925. The normalized spacial score (nSPS) is 17.2. The number of non-ortho nitro benzene ring substituents is 1. The van der Waals surface area contributed by atoms with Crippen molar-refractivity contribution in [1.82, 2.24) is 10.6 Å². The molecule has 1 aromatic carbocycles. The number of esters is 1. The molecule has 0 aromatic heterocycles. The Morgan fingerprint density at radius 3 is 2.61 bits per heavy atom. The molecule has 9 heteroatoms. The van der Waals surface area contributed by atoms with Crippen LogP contribution in [0.5, 0.6) is 5.75 Å². The highest BCUT2D eigenvalue weighted by atomic mass is 16.6. The number of carbonyl (C=O) groups is 2. The van der Waals surface area contributed by atoms with Crippen molar-refractivity contribution in [3.05, 3.63) is 45.1 Å².